The fourth-order valence-electron chi connectivity index (χ4n) is 3.97. The summed E-state index contributed by atoms with van der Waals surface area (Å²) in [7, 11) is 11.4. The van der Waals surface area contributed by atoms with Crippen LogP contribution in [0.3, 0.4) is 0 Å². The third-order valence-corrected chi connectivity index (χ3v) is 6.00. The molecule has 0 spiro atoms. The summed E-state index contributed by atoms with van der Waals surface area (Å²) < 4.78 is 7.44. The highest BCUT2D eigenvalue weighted by molar-refractivity contribution is 6.02. The zero-order valence-corrected chi connectivity index (χ0v) is 23.1. The highest BCUT2D eigenvalue weighted by Gasteiger charge is 2.18. The number of likely N-dealkylation sites (N-methyl/N-ethyl adjacent to an activating group) is 2. The average Bonchev–Trinajstić information content (AvgIpc) is 3.32. The number of carbonyl (C=O) groups is 1. The lowest BCUT2D eigenvalue weighted by Crippen LogP contribution is -2.29. The lowest BCUT2D eigenvalue weighted by Gasteiger charge is -2.26. The number of amides is 1. The maximum absolute atomic E-state index is 12.3. The van der Waals surface area contributed by atoms with Crippen LogP contribution in [-0.2, 0) is 4.79 Å². The molecular formula is C27H34N10O2. The van der Waals surface area contributed by atoms with E-state index in [-0.39, 0.29) is 5.91 Å². The van der Waals surface area contributed by atoms with Crippen molar-refractivity contribution >= 4 is 45.8 Å². The highest BCUT2D eigenvalue weighted by Crippen LogP contribution is 2.38. The van der Waals surface area contributed by atoms with Crippen molar-refractivity contribution in [3.63, 3.8) is 0 Å². The summed E-state index contributed by atoms with van der Waals surface area (Å²) in [5.74, 6) is 1.88. The number of benzene rings is 1. The van der Waals surface area contributed by atoms with E-state index in [1.54, 1.807) is 36.3 Å². The Labute approximate surface area is 227 Å². The number of carbonyl (C=O) groups excluding carboxylic acids is 1. The largest absolute Gasteiger partial charge is 0.494 e. The molecule has 0 radical (unpaired) electrons. The number of anilines is 5. The first-order valence-electron chi connectivity index (χ1n) is 12.3. The molecule has 0 saturated heterocycles. The molecule has 0 saturated carbocycles. The van der Waals surface area contributed by atoms with Crippen LogP contribution in [0.4, 0.5) is 28.8 Å². The lowest BCUT2D eigenvalue weighted by molar-refractivity contribution is -0.111. The second-order valence-electron chi connectivity index (χ2n) is 9.35. The second kappa shape index (κ2) is 11.8. The van der Waals surface area contributed by atoms with Gasteiger partial charge in [-0.2, -0.15) is 4.98 Å². The Balaban J connectivity index is 1.72. The van der Waals surface area contributed by atoms with E-state index < -0.39 is 0 Å². The summed E-state index contributed by atoms with van der Waals surface area (Å²) in [5, 5.41) is 10.9. The first-order valence-corrected chi connectivity index (χ1v) is 12.3. The Kier molecular flexibility index (Phi) is 8.25. The van der Waals surface area contributed by atoms with E-state index in [9.17, 15) is 4.79 Å². The van der Waals surface area contributed by atoms with Gasteiger partial charge in [0.05, 0.1) is 29.7 Å². The van der Waals surface area contributed by atoms with Gasteiger partial charge in [-0.1, -0.05) is 6.58 Å². The van der Waals surface area contributed by atoms with Crippen LogP contribution in [0, 0.1) is 0 Å². The summed E-state index contributed by atoms with van der Waals surface area (Å²) in [6.07, 6.45) is 4.63. The number of hydrogen-bond donors (Lipinski definition) is 2. The molecule has 0 atom stereocenters. The normalized spacial score (nSPS) is 10.9. The molecule has 1 amide bonds. The predicted molar refractivity (Wildman–Crippen MR) is 156 cm³/mol. The molecule has 0 aliphatic rings. The van der Waals surface area contributed by atoms with E-state index in [0.29, 0.717) is 28.9 Å². The molecule has 4 aromatic rings. The van der Waals surface area contributed by atoms with Crippen molar-refractivity contribution in [1.29, 1.82) is 0 Å². The van der Waals surface area contributed by atoms with Gasteiger partial charge in [0, 0.05) is 58.8 Å². The smallest absolute Gasteiger partial charge is 0.247 e. The fraction of sp³-hybridized carbons (Fsp3) is 0.296. The molecule has 39 heavy (non-hydrogen) atoms. The van der Waals surface area contributed by atoms with Gasteiger partial charge in [-0.15, -0.1) is 5.10 Å². The van der Waals surface area contributed by atoms with Gasteiger partial charge >= 0.3 is 0 Å². The van der Waals surface area contributed by atoms with Gasteiger partial charge in [-0.25, -0.2) is 9.67 Å². The molecule has 204 valence electrons. The molecule has 3 heterocycles. The Bertz CT molecular complexity index is 1480. The Morgan fingerprint density at radius 2 is 1.87 bits per heavy atom. The van der Waals surface area contributed by atoms with Gasteiger partial charge in [-0.05, 0) is 38.4 Å². The SMILES string of the molecule is C=CC(=O)Nc1cc(Nc2nccc(-n3nc(N(C)C)c4ncccc43)n2)c(OC)cc1N(C)CCN(C)C. The third-order valence-electron chi connectivity index (χ3n) is 6.00. The zero-order valence-electron chi connectivity index (χ0n) is 23.1. The van der Waals surface area contributed by atoms with Crippen LogP contribution in [-0.4, -0.2) is 91.0 Å². The predicted octanol–water partition coefficient (Wildman–Crippen LogP) is 3.15. The molecule has 0 aliphatic heterocycles. The fourth-order valence-corrected chi connectivity index (χ4v) is 3.97. The molecule has 12 nitrogen and oxygen atoms in total. The number of fused-ring (bicyclic) bond motifs is 1. The van der Waals surface area contributed by atoms with E-state index in [2.05, 4.69) is 37.0 Å². The van der Waals surface area contributed by atoms with Gasteiger partial charge < -0.3 is 30.1 Å². The zero-order chi connectivity index (χ0) is 28.1. The summed E-state index contributed by atoms with van der Waals surface area (Å²) in [6, 6.07) is 9.26. The number of nitrogens with one attached hydrogen (secondary N) is 2. The molecular weight excluding hydrogens is 496 g/mol. The first-order chi connectivity index (χ1) is 18.7. The third kappa shape index (κ3) is 6.07. The molecule has 0 unspecified atom stereocenters. The number of aromatic nitrogens is 5. The lowest BCUT2D eigenvalue weighted by atomic mass is 10.2. The van der Waals surface area contributed by atoms with Crippen molar-refractivity contribution in [3.05, 3.63) is 55.4 Å². The molecule has 2 N–H and O–H groups in total. The van der Waals surface area contributed by atoms with Crippen molar-refractivity contribution in [2.45, 2.75) is 0 Å². The van der Waals surface area contributed by atoms with Crippen molar-refractivity contribution < 1.29 is 9.53 Å². The number of nitrogens with zero attached hydrogens (tertiary/aromatic N) is 8. The number of rotatable bonds is 11. The van der Waals surface area contributed by atoms with Crippen molar-refractivity contribution in [3.8, 4) is 11.6 Å². The van der Waals surface area contributed by atoms with Crippen LogP contribution in [0.15, 0.2) is 55.4 Å². The van der Waals surface area contributed by atoms with E-state index in [1.807, 2.05) is 58.3 Å². The molecule has 12 heteroatoms. The summed E-state index contributed by atoms with van der Waals surface area (Å²) in [5.41, 5.74) is 3.58. The standard InChI is InChI=1S/C27H34N10O2/c1-8-24(38)30-18-16-19(22(39-7)17-21(18)36(6)15-14-34(2)3)31-27-29-13-11-23(32-27)37-20-10-9-12-28-25(20)26(33-37)35(4)5/h8-13,16-17H,1,14-15H2,2-7H3,(H,30,38)(H,29,31,32). The van der Waals surface area contributed by atoms with E-state index in [4.69, 9.17) is 14.8 Å². The number of pyridine rings is 1. The molecule has 1 aromatic carbocycles. The molecule has 0 aliphatic carbocycles. The molecule has 4 rings (SSSR count). The average molecular weight is 531 g/mol. The van der Waals surface area contributed by atoms with Crippen LogP contribution in [0.1, 0.15) is 0 Å². The minimum Gasteiger partial charge on any atom is -0.494 e. The van der Waals surface area contributed by atoms with Gasteiger partial charge in [0.15, 0.2) is 11.6 Å². The van der Waals surface area contributed by atoms with Crippen LogP contribution in [0.2, 0.25) is 0 Å². The Morgan fingerprint density at radius 1 is 1.08 bits per heavy atom. The van der Waals surface area contributed by atoms with Crippen molar-refractivity contribution in [1.82, 2.24) is 29.6 Å². The molecule has 3 aromatic heterocycles. The quantitative estimate of drug-likeness (QED) is 0.280. The highest BCUT2D eigenvalue weighted by atomic mass is 16.5. The van der Waals surface area contributed by atoms with Gasteiger partial charge in [-0.3, -0.25) is 9.78 Å². The second-order valence-corrected chi connectivity index (χ2v) is 9.35. The van der Waals surface area contributed by atoms with E-state index in [1.165, 1.54) is 6.08 Å². The molecule has 0 bridgehead atoms. The van der Waals surface area contributed by atoms with Crippen molar-refractivity contribution in [2.24, 2.45) is 0 Å². The van der Waals surface area contributed by atoms with Crippen LogP contribution in [0.5, 0.6) is 5.75 Å². The van der Waals surface area contributed by atoms with Gasteiger partial charge in [0.1, 0.15) is 11.3 Å². The monoisotopic (exact) mass is 530 g/mol. The number of hydrogen-bond acceptors (Lipinski definition) is 10. The van der Waals surface area contributed by atoms with Crippen LogP contribution in [0.25, 0.3) is 16.9 Å². The maximum atomic E-state index is 12.3. The van der Waals surface area contributed by atoms with Crippen LogP contribution < -0.4 is 25.2 Å². The Hall–Kier alpha value is -4.71. The van der Waals surface area contributed by atoms with E-state index >= 15 is 0 Å². The number of methoxy groups -OCH3 is 1. The summed E-state index contributed by atoms with van der Waals surface area (Å²) >= 11 is 0. The summed E-state index contributed by atoms with van der Waals surface area (Å²) in [4.78, 5) is 31.9. The topological polar surface area (TPSA) is 117 Å². The van der Waals surface area contributed by atoms with Crippen molar-refractivity contribution in [2.75, 3.05) is 75.9 Å². The minimum absolute atomic E-state index is 0.317. The summed E-state index contributed by atoms with van der Waals surface area (Å²) in [6.45, 7) is 5.16. The van der Waals surface area contributed by atoms with Crippen LogP contribution >= 0.6 is 0 Å². The maximum Gasteiger partial charge on any atom is 0.247 e. The van der Waals surface area contributed by atoms with Gasteiger partial charge in [0.2, 0.25) is 11.9 Å². The van der Waals surface area contributed by atoms with Gasteiger partial charge in [0.25, 0.3) is 0 Å². The Morgan fingerprint density at radius 3 is 2.56 bits per heavy atom. The number of ether oxygens (including phenoxy) is 1. The van der Waals surface area contributed by atoms with E-state index in [0.717, 1.165) is 35.6 Å². The molecule has 0 fully saturated rings. The minimum atomic E-state index is -0.317. The first kappa shape index (κ1) is 27.3.